The van der Waals surface area contributed by atoms with Gasteiger partial charge < -0.3 is 20.1 Å². The normalized spacial score (nSPS) is 21.1. The van der Waals surface area contributed by atoms with E-state index in [9.17, 15) is 19.5 Å². The number of ether oxygens (including phenoxy) is 1. The van der Waals surface area contributed by atoms with Gasteiger partial charge in [-0.1, -0.05) is 19.8 Å². The van der Waals surface area contributed by atoms with Crippen molar-refractivity contribution in [1.29, 1.82) is 0 Å². The molecule has 1 fully saturated rings. The maximum absolute atomic E-state index is 12.2. The molecule has 2 N–H and O–H groups in total. The van der Waals surface area contributed by atoms with Gasteiger partial charge in [0.1, 0.15) is 18.2 Å². The monoisotopic (exact) mass is 328 g/mol. The smallest absolute Gasteiger partial charge is 0.408 e. The lowest BCUT2D eigenvalue weighted by atomic mass is 9.99. The Balaban J connectivity index is 2.55. The number of unbranched alkanes of at least 4 members (excludes halogenated alkanes) is 1. The van der Waals surface area contributed by atoms with E-state index in [2.05, 4.69) is 12.2 Å². The highest BCUT2D eigenvalue weighted by atomic mass is 16.6. The van der Waals surface area contributed by atoms with Crippen molar-refractivity contribution in [1.82, 2.24) is 10.2 Å². The largest absolute Gasteiger partial charge is 0.480 e. The summed E-state index contributed by atoms with van der Waals surface area (Å²) in [6, 6.07) is -0.801. The zero-order valence-electron chi connectivity index (χ0n) is 14.4. The Bertz CT molecular complexity index is 444. The Morgan fingerprint density at radius 2 is 1.96 bits per heavy atom. The quantitative estimate of drug-likeness (QED) is 0.777. The standard InChI is InChI=1S/C16H28N2O5/c1-5-6-7-11-8-12(14(20)21)18(10-11)13(19)9-17-15(22)23-16(2,3)4/h11-12H,5-10H2,1-4H3,(H,17,22)(H,20,21). The number of carboxylic acids is 1. The molecule has 0 saturated carbocycles. The fraction of sp³-hybridized carbons (Fsp3) is 0.812. The van der Waals surface area contributed by atoms with E-state index in [-0.39, 0.29) is 18.4 Å². The minimum atomic E-state index is -0.991. The van der Waals surface area contributed by atoms with Crippen LogP contribution in [0.1, 0.15) is 53.4 Å². The van der Waals surface area contributed by atoms with Crippen LogP contribution in [0.3, 0.4) is 0 Å². The molecule has 2 amide bonds. The average molecular weight is 328 g/mol. The molecule has 7 nitrogen and oxygen atoms in total. The Hall–Kier alpha value is -1.79. The van der Waals surface area contributed by atoms with Crippen LogP contribution in [0.15, 0.2) is 0 Å². The minimum absolute atomic E-state index is 0.210. The number of likely N-dealkylation sites (tertiary alicyclic amines) is 1. The van der Waals surface area contributed by atoms with Crippen LogP contribution in [0, 0.1) is 5.92 Å². The van der Waals surface area contributed by atoms with Crippen molar-refractivity contribution in [3.8, 4) is 0 Å². The molecule has 7 heteroatoms. The third kappa shape index (κ3) is 6.46. The molecule has 1 saturated heterocycles. The molecule has 0 aromatic rings. The highest BCUT2D eigenvalue weighted by Crippen LogP contribution is 2.27. The number of nitrogens with one attached hydrogen (secondary N) is 1. The second-order valence-electron chi connectivity index (χ2n) is 7.00. The summed E-state index contributed by atoms with van der Waals surface area (Å²) in [7, 11) is 0. The van der Waals surface area contributed by atoms with Crippen LogP contribution >= 0.6 is 0 Å². The zero-order valence-corrected chi connectivity index (χ0v) is 14.4. The summed E-state index contributed by atoms with van der Waals surface area (Å²) in [6.07, 6.45) is 2.79. The van der Waals surface area contributed by atoms with Crippen molar-refractivity contribution >= 4 is 18.0 Å². The lowest BCUT2D eigenvalue weighted by Crippen LogP contribution is -2.46. The van der Waals surface area contributed by atoms with Gasteiger partial charge in [0.25, 0.3) is 0 Å². The molecule has 0 radical (unpaired) electrons. The third-order valence-electron chi connectivity index (χ3n) is 3.74. The number of rotatable bonds is 6. The van der Waals surface area contributed by atoms with Crippen LogP contribution in [-0.4, -0.2) is 52.7 Å². The van der Waals surface area contributed by atoms with Gasteiger partial charge in [-0.2, -0.15) is 0 Å². The third-order valence-corrected chi connectivity index (χ3v) is 3.74. The van der Waals surface area contributed by atoms with E-state index in [1.807, 2.05) is 0 Å². The van der Waals surface area contributed by atoms with Crippen molar-refractivity contribution in [3.05, 3.63) is 0 Å². The van der Waals surface area contributed by atoms with Gasteiger partial charge in [0, 0.05) is 6.54 Å². The molecule has 0 spiro atoms. The van der Waals surface area contributed by atoms with Gasteiger partial charge >= 0.3 is 12.1 Å². The van der Waals surface area contributed by atoms with Gasteiger partial charge in [0.05, 0.1) is 0 Å². The number of aliphatic carboxylic acids is 1. The Morgan fingerprint density at radius 1 is 1.30 bits per heavy atom. The summed E-state index contributed by atoms with van der Waals surface area (Å²) >= 11 is 0. The number of carbonyl (C=O) groups excluding carboxylic acids is 2. The molecule has 1 rings (SSSR count). The summed E-state index contributed by atoms with van der Waals surface area (Å²) in [5, 5.41) is 11.7. The summed E-state index contributed by atoms with van der Waals surface area (Å²) in [6.45, 7) is 7.46. The first kappa shape index (κ1) is 19.3. The van der Waals surface area contributed by atoms with Crippen LogP contribution in [0.25, 0.3) is 0 Å². The van der Waals surface area contributed by atoms with Gasteiger partial charge in [-0.05, 0) is 39.5 Å². The second-order valence-corrected chi connectivity index (χ2v) is 7.00. The summed E-state index contributed by atoms with van der Waals surface area (Å²) in [5.74, 6) is -1.17. The van der Waals surface area contributed by atoms with E-state index in [0.29, 0.717) is 13.0 Å². The van der Waals surface area contributed by atoms with Gasteiger partial charge in [-0.3, -0.25) is 4.79 Å². The molecular formula is C16H28N2O5. The first-order valence-electron chi connectivity index (χ1n) is 8.13. The number of hydrogen-bond donors (Lipinski definition) is 2. The van der Waals surface area contributed by atoms with E-state index < -0.39 is 23.7 Å². The average Bonchev–Trinajstić information content (AvgIpc) is 2.85. The Labute approximate surface area is 137 Å². The van der Waals surface area contributed by atoms with E-state index in [1.54, 1.807) is 20.8 Å². The number of nitrogens with zero attached hydrogens (tertiary/aromatic N) is 1. The zero-order chi connectivity index (χ0) is 17.6. The number of hydrogen-bond acceptors (Lipinski definition) is 4. The summed E-state index contributed by atoms with van der Waals surface area (Å²) in [4.78, 5) is 36.5. The molecule has 1 aliphatic heterocycles. The number of carboxylic acid groups (broad SMARTS) is 1. The molecule has 0 aromatic heterocycles. The van der Waals surface area contributed by atoms with E-state index in [1.165, 1.54) is 4.90 Å². The van der Waals surface area contributed by atoms with Gasteiger partial charge in [0.15, 0.2) is 0 Å². The van der Waals surface area contributed by atoms with Crippen LogP contribution in [0.5, 0.6) is 0 Å². The highest BCUT2D eigenvalue weighted by Gasteiger charge is 2.39. The predicted octanol–water partition coefficient (Wildman–Crippen LogP) is 2.00. The lowest BCUT2D eigenvalue weighted by molar-refractivity contribution is -0.147. The van der Waals surface area contributed by atoms with Crippen molar-refractivity contribution in [2.45, 2.75) is 65.0 Å². The van der Waals surface area contributed by atoms with E-state index in [4.69, 9.17) is 4.74 Å². The van der Waals surface area contributed by atoms with Gasteiger partial charge in [0.2, 0.25) is 5.91 Å². The molecule has 1 heterocycles. The number of carbonyl (C=O) groups is 3. The Kier molecular flexibility index (Phi) is 6.84. The molecular weight excluding hydrogens is 300 g/mol. The number of alkyl carbamates (subject to hydrolysis) is 1. The minimum Gasteiger partial charge on any atom is -0.480 e. The first-order valence-corrected chi connectivity index (χ1v) is 8.13. The van der Waals surface area contributed by atoms with Gasteiger partial charge in [-0.25, -0.2) is 9.59 Å². The van der Waals surface area contributed by atoms with Crippen molar-refractivity contribution in [2.75, 3.05) is 13.1 Å². The maximum atomic E-state index is 12.2. The molecule has 23 heavy (non-hydrogen) atoms. The van der Waals surface area contributed by atoms with Crippen molar-refractivity contribution in [3.63, 3.8) is 0 Å². The van der Waals surface area contributed by atoms with Crippen LogP contribution in [0.2, 0.25) is 0 Å². The molecule has 0 aliphatic carbocycles. The van der Waals surface area contributed by atoms with E-state index in [0.717, 1.165) is 19.3 Å². The Morgan fingerprint density at radius 3 is 2.48 bits per heavy atom. The molecule has 2 atom stereocenters. The number of amides is 2. The first-order chi connectivity index (χ1) is 10.6. The topological polar surface area (TPSA) is 95.9 Å². The van der Waals surface area contributed by atoms with Crippen LogP contribution in [0.4, 0.5) is 4.79 Å². The summed E-state index contributed by atoms with van der Waals surface area (Å²) in [5.41, 5.74) is -0.643. The highest BCUT2D eigenvalue weighted by molar-refractivity contribution is 5.87. The SMILES string of the molecule is CCCCC1CC(C(=O)O)N(C(=O)CNC(=O)OC(C)(C)C)C1. The predicted molar refractivity (Wildman–Crippen MR) is 85.0 cm³/mol. The molecule has 0 aromatic carbocycles. The molecule has 0 bridgehead atoms. The maximum Gasteiger partial charge on any atom is 0.408 e. The lowest BCUT2D eigenvalue weighted by Gasteiger charge is -2.23. The summed E-state index contributed by atoms with van der Waals surface area (Å²) < 4.78 is 5.06. The fourth-order valence-corrected chi connectivity index (χ4v) is 2.70. The van der Waals surface area contributed by atoms with Gasteiger partial charge in [-0.15, -0.1) is 0 Å². The van der Waals surface area contributed by atoms with E-state index >= 15 is 0 Å². The molecule has 132 valence electrons. The second kappa shape index (κ2) is 8.17. The van der Waals surface area contributed by atoms with Crippen molar-refractivity contribution < 1.29 is 24.2 Å². The molecule has 2 unspecified atom stereocenters. The van der Waals surface area contributed by atoms with Crippen LogP contribution < -0.4 is 5.32 Å². The fourth-order valence-electron chi connectivity index (χ4n) is 2.70. The molecule has 1 aliphatic rings. The van der Waals surface area contributed by atoms with Crippen LogP contribution in [-0.2, 0) is 14.3 Å². The van der Waals surface area contributed by atoms with Crippen molar-refractivity contribution in [2.24, 2.45) is 5.92 Å².